The lowest BCUT2D eigenvalue weighted by atomic mass is 9.93. The van der Waals surface area contributed by atoms with Gasteiger partial charge in [-0.05, 0) is 24.1 Å². The summed E-state index contributed by atoms with van der Waals surface area (Å²) < 4.78 is 1.03. The van der Waals surface area contributed by atoms with E-state index in [1.807, 2.05) is 31.2 Å². The number of hydrogen-bond acceptors (Lipinski definition) is 2. The van der Waals surface area contributed by atoms with Crippen molar-refractivity contribution in [3.63, 3.8) is 0 Å². The van der Waals surface area contributed by atoms with Crippen LogP contribution in [0.5, 0.6) is 0 Å². The lowest BCUT2D eigenvalue weighted by Gasteiger charge is -2.16. The van der Waals surface area contributed by atoms with Gasteiger partial charge < -0.3 is 5.73 Å². The molecule has 2 unspecified atom stereocenters. The first-order chi connectivity index (χ1) is 6.69. The SMILES string of the molecule is CCC(C#N)C(N)c1ccc(Br)cc1. The number of halogens is 1. The lowest BCUT2D eigenvalue weighted by molar-refractivity contribution is 0.518. The largest absolute Gasteiger partial charge is 0.323 e. The molecular weight excluding hydrogens is 240 g/mol. The summed E-state index contributed by atoms with van der Waals surface area (Å²) in [5, 5.41) is 8.87. The predicted molar refractivity (Wildman–Crippen MR) is 60.5 cm³/mol. The van der Waals surface area contributed by atoms with Crippen LogP contribution < -0.4 is 5.73 Å². The number of hydrogen-bond donors (Lipinski definition) is 1. The molecule has 0 heterocycles. The quantitative estimate of drug-likeness (QED) is 0.900. The van der Waals surface area contributed by atoms with Gasteiger partial charge in [0.1, 0.15) is 0 Å². The van der Waals surface area contributed by atoms with Crippen LogP contribution in [0, 0.1) is 17.2 Å². The Labute approximate surface area is 92.9 Å². The van der Waals surface area contributed by atoms with Crippen LogP contribution in [0.15, 0.2) is 28.7 Å². The van der Waals surface area contributed by atoms with E-state index in [1.54, 1.807) is 0 Å². The number of nitrogens with two attached hydrogens (primary N) is 1. The normalized spacial score (nSPS) is 14.4. The molecule has 1 aromatic rings. The molecule has 1 aromatic carbocycles. The molecule has 1 rings (SSSR count). The van der Waals surface area contributed by atoms with Gasteiger partial charge in [-0.2, -0.15) is 5.26 Å². The molecule has 0 saturated carbocycles. The minimum Gasteiger partial charge on any atom is -0.323 e. The molecule has 0 bridgehead atoms. The Morgan fingerprint density at radius 1 is 1.43 bits per heavy atom. The highest BCUT2D eigenvalue weighted by atomic mass is 79.9. The molecule has 0 saturated heterocycles. The van der Waals surface area contributed by atoms with E-state index in [-0.39, 0.29) is 12.0 Å². The molecule has 0 fully saturated rings. The Morgan fingerprint density at radius 2 is 2.00 bits per heavy atom. The molecule has 0 aliphatic rings. The maximum absolute atomic E-state index is 8.87. The van der Waals surface area contributed by atoms with Crippen molar-refractivity contribution in [2.75, 3.05) is 0 Å². The molecule has 0 aliphatic carbocycles. The standard InChI is InChI=1S/C11H13BrN2/c1-2-8(7-13)11(14)9-3-5-10(12)6-4-9/h3-6,8,11H,2,14H2,1H3. The number of nitriles is 1. The van der Waals surface area contributed by atoms with E-state index in [9.17, 15) is 0 Å². The Morgan fingerprint density at radius 3 is 2.43 bits per heavy atom. The highest BCUT2D eigenvalue weighted by Crippen LogP contribution is 2.22. The summed E-state index contributed by atoms with van der Waals surface area (Å²) in [7, 11) is 0. The van der Waals surface area contributed by atoms with Gasteiger partial charge in [-0.15, -0.1) is 0 Å². The van der Waals surface area contributed by atoms with Gasteiger partial charge in [0, 0.05) is 10.5 Å². The average Bonchev–Trinajstić information content (AvgIpc) is 2.20. The first-order valence-corrected chi connectivity index (χ1v) is 5.39. The molecule has 2 atom stereocenters. The van der Waals surface area contributed by atoms with Crippen molar-refractivity contribution >= 4 is 15.9 Å². The van der Waals surface area contributed by atoms with E-state index < -0.39 is 0 Å². The van der Waals surface area contributed by atoms with E-state index in [2.05, 4.69) is 22.0 Å². The summed E-state index contributed by atoms with van der Waals surface area (Å²) in [5.74, 6) is -0.101. The molecule has 0 aromatic heterocycles. The van der Waals surface area contributed by atoms with Crippen molar-refractivity contribution in [1.82, 2.24) is 0 Å². The predicted octanol–water partition coefficient (Wildman–Crippen LogP) is 3.00. The summed E-state index contributed by atoms with van der Waals surface area (Å²) in [6.07, 6.45) is 0.785. The van der Waals surface area contributed by atoms with Gasteiger partial charge >= 0.3 is 0 Å². The smallest absolute Gasteiger partial charge is 0.0675 e. The van der Waals surface area contributed by atoms with Crippen LogP contribution in [0.25, 0.3) is 0 Å². The second-order valence-electron chi connectivity index (χ2n) is 3.22. The van der Waals surface area contributed by atoms with E-state index in [0.29, 0.717) is 0 Å². The number of benzene rings is 1. The van der Waals surface area contributed by atoms with Crippen molar-refractivity contribution in [2.45, 2.75) is 19.4 Å². The summed E-state index contributed by atoms with van der Waals surface area (Å²) >= 11 is 3.36. The van der Waals surface area contributed by atoms with Crippen molar-refractivity contribution < 1.29 is 0 Å². The van der Waals surface area contributed by atoms with Gasteiger partial charge in [-0.25, -0.2) is 0 Å². The summed E-state index contributed by atoms with van der Waals surface area (Å²) in [4.78, 5) is 0. The average molecular weight is 253 g/mol. The molecule has 2 nitrogen and oxygen atoms in total. The molecule has 74 valence electrons. The van der Waals surface area contributed by atoms with Crippen LogP contribution >= 0.6 is 15.9 Å². The highest BCUT2D eigenvalue weighted by Gasteiger charge is 2.16. The van der Waals surface area contributed by atoms with Crippen LogP contribution in [0.1, 0.15) is 24.9 Å². The third-order valence-electron chi connectivity index (χ3n) is 2.29. The van der Waals surface area contributed by atoms with E-state index >= 15 is 0 Å². The molecular formula is C11H13BrN2. The topological polar surface area (TPSA) is 49.8 Å². The Balaban J connectivity index is 2.84. The summed E-state index contributed by atoms with van der Waals surface area (Å²) in [6, 6.07) is 9.84. The zero-order chi connectivity index (χ0) is 10.6. The van der Waals surface area contributed by atoms with E-state index in [1.165, 1.54) is 0 Å². The number of rotatable bonds is 3. The van der Waals surface area contributed by atoms with Crippen LogP contribution in [-0.4, -0.2) is 0 Å². The Bertz CT molecular complexity index is 326. The molecule has 0 spiro atoms. The van der Waals surface area contributed by atoms with Crippen molar-refractivity contribution in [3.05, 3.63) is 34.3 Å². The van der Waals surface area contributed by atoms with E-state index in [4.69, 9.17) is 11.0 Å². The van der Waals surface area contributed by atoms with Gasteiger partial charge in [0.25, 0.3) is 0 Å². The van der Waals surface area contributed by atoms with Crippen LogP contribution in [0.4, 0.5) is 0 Å². The zero-order valence-electron chi connectivity index (χ0n) is 8.07. The van der Waals surface area contributed by atoms with Crippen molar-refractivity contribution in [1.29, 1.82) is 5.26 Å². The minimum atomic E-state index is -0.182. The van der Waals surface area contributed by atoms with Crippen LogP contribution in [-0.2, 0) is 0 Å². The molecule has 0 aliphatic heterocycles. The van der Waals surface area contributed by atoms with Gasteiger partial charge in [0.15, 0.2) is 0 Å². The van der Waals surface area contributed by atoms with Crippen molar-refractivity contribution in [2.24, 2.45) is 11.7 Å². The van der Waals surface area contributed by atoms with Gasteiger partial charge in [0.2, 0.25) is 0 Å². The van der Waals surface area contributed by atoms with Gasteiger partial charge in [0.05, 0.1) is 12.0 Å². The molecule has 0 radical (unpaired) electrons. The highest BCUT2D eigenvalue weighted by molar-refractivity contribution is 9.10. The number of nitrogens with zero attached hydrogens (tertiary/aromatic N) is 1. The fraction of sp³-hybridized carbons (Fsp3) is 0.364. The molecule has 14 heavy (non-hydrogen) atoms. The monoisotopic (exact) mass is 252 g/mol. The first kappa shape index (κ1) is 11.2. The summed E-state index contributed by atoms with van der Waals surface area (Å²) in [5.41, 5.74) is 6.99. The minimum absolute atomic E-state index is 0.101. The lowest BCUT2D eigenvalue weighted by Crippen LogP contribution is -2.19. The molecule has 3 heteroatoms. The zero-order valence-corrected chi connectivity index (χ0v) is 9.66. The van der Waals surface area contributed by atoms with Gasteiger partial charge in [-0.3, -0.25) is 0 Å². The van der Waals surface area contributed by atoms with Gasteiger partial charge in [-0.1, -0.05) is 35.0 Å². The second-order valence-corrected chi connectivity index (χ2v) is 4.14. The van der Waals surface area contributed by atoms with Crippen LogP contribution in [0.2, 0.25) is 0 Å². The second kappa shape index (κ2) is 5.14. The first-order valence-electron chi connectivity index (χ1n) is 4.59. The maximum atomic E-state index is 8.87. The van der Waals surface area contributed by atoms with Crippen LogP contribution in [0.3, 0.4) is 0 Å². The maximum Gasteiger partial charge on any atom is 0.0675 e. The Kier molecular flexibility index (Phi) is 4.12. The Hall–Kier alpha value is -0.850. The van der Waals surface area contributed by atoms with E-state index in [0.717, 1.165) is 16.5 Å². The third kappa shape index (κ3) is 2.57. The molecule has 2 N–H and O–H groups in total. The molecule has 0 amide bonds. The fourth-order valence-electron chi connectivity index (χ4n) is 1.34. The fourth-order valence-corrected chi connectivity index (χ4v) is 1.61. The third-order valence-corrected chi connectivity index (χ3v) is 2.82. The summed E-state index contributed by atoms with van der Waals surface area (Å²) in [6.45, 7) is 1.98. The van der Waals surface area contributed by atoms with Crippen molar-refractivity contribution in [3.8, 4) is 6.07 Å².